The molecule has 1 fully saturated rings. The van der Waals surface area contributed by atoms with Gasteiger partial charge in [0, 0.05) is 50.0 Å². The Morgan fingerprint density at radius 3 is 2.69 bits per heavy atom. The van der Waals surface area contributed by atoms with Crippen molar-refractivity contribution < 1.29 is 9.53 Å². The second-order valence-electron chi connectivity index (χ2n) is 6.41. The van der Waals surface area contributed by atoms with E-state index in [1.807, 2.05) is 34.1 Å². The van der Waals surface area contributed by atoms with Crippen molar-refractivity contribution in [2.75, 3.05) is 49.1 Å². The Kier molecular flexibility index (Phi) is 4.84. The van der Waals surface area contributed by atoms with E-state index in [0.717, 1.165) is 31.0 Å². The zero-order valence-electron chi connectivity index (χ0n) is 14.5. The summed E-state index contributed by atoms with van der Waals surface area (Å²) in [7, 11) is 0. The first-order valence-electron chi connectivity index (χ1n) is 8.87. The van der Waals surface area contributed by atoms with Gasteiger partial charge in [-0.25, -0.2) is 9.78 Å². The van der Waals surface area contributed by atoms with Gasteiger partial charge in [-0.2, -0.15) is 0 Å². The lowest BCUT2D eigenvalue weighted by Crippen LogP contribution is -2.53. The molecule has 0 unspecified atom stereocenters. The van der Waals surface area contributed by atoms with Crippen LogP contribution in [0.2, 0.25) is 5.02 Å². The molecule has 1 aromatic heterocycles. The zero-order valence-corrected chi connectivity index (χ0v) is 15.2. The average molecular weight is 373 g/mol. The van der Waals surface area contributed by atoms with E-state index in [4.69, 9.17) is 16.3 Å². The van der Waals surface area contributed by atoms with Crippen molar-refractivity contribution in [3.05, 3.63) is 47.6 Å². The van der Waals surface area contributed by atoms with Gasteiger partial charge in [-0.1, -0.05) is 17.7 Å². The lowest BCUT2D eigenvalue weighted by molar-refractivity contribution is 0.201. The van der Waals surface area contributed by atoms with Crippen LogP contribution < -0.4 is 14.5 Å². The van der Waals surface area contributed by atoms with E-state index in [-0.39, 0.29) is 6.03 Å². The molecule has 4 rings (SSSR count). The molecular weight excluding hydrogens is 352 g/mol. The van der Waals surface area contributed by atoms with Crippen molar-refractivity contribution in [1.82, 2.24) is 9.88 Å². The van der Waals surface area contributed by atoms with Crippen molar-refractivity contribution in [1.29, 1.82) is 0 Å². The van der Waals surface area contributed by atoms with Crippen LogP contribution >= 0.6 is 11.6 Å². The Labute approximate surface area is 157 Å². The van der Waals surface area contributed by atoms with Crippen molar-refractivity contribution in [2.24, 2.45) is 0 Å². The molecule has 0 bridgehead atoms. The van der Waals surface area contributed by atoms with Gasteiger partial charge in [-0.05, 0) is 30.7 Å². The van der Waals surface area contributed by atoms with Crippen molar-refractivity contribution in [3.63, 3.8) is 0 Å². The first-order chi connectivity index (χ1) is 12.7. The number of anilines is 2. The number of piperazine rings is 1. The third-order valence-corrected chi connectivity index (χ3v) is 4.99. The molecule has 3 heterocycles. The van der Waals surface area contributed by atoms with Gasteiger partial charge in [0.05, 0.1) is 12.3 Å². The summed E-state index contributed by atoms with van der Waals surface area (Å²) in [6.45, 7) is 4.14. The Bertz CT molecular complexity index is 778. The number of rotatable bonds is 1. The quantitative estimate of drug-likeness (QED) is 0.771. The minimum absolute atomic E-state index is 0.0275. The molecule has 0 spiro atoms. The average Bonchev–Trinajstić information content (AvgIpc) is 2.90. The number of carbonyl (C=O) groups is 1. The molecule has 0 saturated carbocycles. The minimum Gasteiger partial charge on any atom is -0.491 e. The van der Waals surface area contributed by atoms with Crippen molar-refractivity contribution in [3.8, 4) is 5.75 Å². The van der Waals surface area contributed by atoms with Crippen LogP contribution in [0.1, 0.15) is 6.42 Å². The summed E-state index contributed by atoms with van der Waals surface area (Å²) >= 11 is 6.07. The zero-order chi connectivity index (χ0) is 17.9. The van der Waals surface area contributed by atoms with Gasteiger partial charge in [0.2, 0.25) is 0 Å². The van der Waals surface area contributed by atoms with E-state index in [2.05, 4.69) is 9.88 Å². The summed E-state index contributed by atoms with van der Waals surface area (Å²) in [5, 5.41) is 0.613. The monoisotopic (exact) mass is 372 g/mol. The number of amides is 2. The van der Waals surface area contributed by atoms with E-state index in [0.29, 0.717) is 37.0 Å². The summed E-state index contributed by atoms with van der Waals surface area (Å²) in [4.78, 5) is 23.5. The molecule has 2 aromatic rings. The summed E-state index contributed by atoms with van der Waals surface area (Å²) in [5.41, 5.74) is 0.795. The summed E-state index contributed by atoms with van der Waals surface area (Å²) in [6, 6.07) is 11.4. The standard InChI is InChI=1S/C19H21ClN4O2/c20-15-5-6-16-17(14-15)26-13-3-8-24(16)19(25)23-11-9-22(10-12-23)18-4-1-2-7-21-18/h1-2,4-7,14H,3,8-13H2. The van der Waals surface area contributed by atoms with Gasteiger partial charge >= 0.3 is 6.03 Å². The van der Waals surface area contributed by atoms with Gasteiger partial charge in [0.25, 0.3) is 0 Å². The van der Waals surface area contributed by atoms with Gasteiger partial charge in [0.15, 0.2) is 0 Å². The van der Waals surface area contributed by atoms with Crippen LogP contribution in [0, 0.1) is 0 Å². The molecule has 2 aliphatic heterocycles. The molecule has 2 aliphatic rings. The van der Waals surface area contributed by atoms with E-state index in [1.54, 1.807) is 18.3 Å². The Morgan fingerprint density at radius 1 is 1.08 bits per heavy atom. The summed E-state index contributed by atoms with van der Waals surface area (Å²) in [5.74, 6) is 1.64. The van der Waals surface area contributed by atoms with Crippen molar-refractivity contribution in [2.45, 2.75) is 6.42 Å². The number of halogens is 1. The van der Waals surface area contributed by atoms with Crippen LogP contribution in [-0.2, 0) is 0 Å². The predicted molar refractivity (Wildman–Crippen MR) is 102 cm³/mol. The maximum Gasteiger partial charge on any atom is 0.324 e. The largest absolute Gasteiger partial charge is 0.491 e. The normalized spacial score (nSPS) is 17.3. The molecular formula is C19H21ClN4O2. The number of nitrogens with zero attached hydrogens (tertiary/aromatic N) is 4. The molecule has 0 aliphatic carbocycles. The number of aromatic nitrogens is 1. The minimum atomic E-state index is 0.0275. The van der Waals surface area contributed by atoms with Crippen LogP contribution in [0.4, 0.5) is 16.3 Å². The highest BCUT2D eigenvalue weighted by Gasteiger charge is 2.29. The molecule has 0 radical (unpaired) electrons. The highest BCUT2D eigenvalue weighted by Crippen LogP contribution is 2.34. The molecule has 6 nitrogen and oxygen atoms in total. The number of hydrogen-bond acceptors (Lipinski definition) is 4. The van der Waals surface area contributed by atoms with Gasteiger partial charge in [0.1, 0.15) is 11.6 Å². The summed E-state index contributed by atoms with van der Waals surface area (Å²) < 4.78 is 5.76. The maximum absolute atomic E-state index is 13.1. The highest BCUT2D eigenvalue weighted by molar-refractivity contribution is 6.30. The van der Waals surface area contributed by atoms with Crippen molar-refractivity contribution >= 4 is 29.1 Å². The second-order valence-corrected chi connectivity index (χ2v) is 6.85. The highest BCUT2D eigenvalue weighted by atomic mass is 35.5. The molecule has 0 atom stereocenters. The fourth-order valence-corrected chi connectivity index (χ4v) is 3.55. The Balaban J connectivity index is 1.47. The Morgan fingerprint density at radius 2 is 1.92 bits per heavy atom. The van der Waals surface area contributed by atoms with E-state index in [1.165, 1.54) is 0 Å². The SMILES string of the molecule is O=C(N1CCN(c2ccccn2)CC1)N1CCCOc2cc(Cl)ccc21. The number of urea groups is 1. The number of carbonyl (C=O) groups excluding carboxylic acids is 1. The first-order valence-corrected chi connectivity index (χ1v) is 9.25. The van der Waals surface area contributed by atoms with E-state index < -0.39 is 0 Å². The topological polar surface area (TPSA) is 48.9 Å². The number of hydrogen-bond donors (Lipinski definition) is 0. The van der Waals surface area contributed by atoms with Crippen LogP contribution in [0.3, 0.4) is 0 Å². The smallest absolute Gasteiger partial charge is 0.324 e. The predicted octanol–water partition coefficient (Wildman–Crippen LogP) is 3.27. The lowest BCUT2D eigenvalue weighted by atomic mass is 10.2. The maximum atomic E-state index is 13.1. The van der Waals surface area contributed by atoms with Gasteiger partial charge in [-0.15, -0.1) is 0 Å². The van der Waals surface area contributed by atoms with Crippen LogP contribution in [0.25, 0.3) is 0 Å². The molecule has 2 amide bonds. The van der Waals surface area contributed by atoms with Crippen LogP contribution in [0.5, 0.6) is 5.75 Å². The number of ether oxygens (including phenoxy) is 1. The van der Waals surface area contributed by atoms with Gasteiger partial charge in [-0.3, -0.25) is 4.90 Å². The van der Waals surface area contributed by atoms with Crippen LogP contribution in [0.15, 0.2) is 42.6 Å². The summed E-state index contributed by atoms with van der Waals surface area (Å²) in [6.07, 6.45) is 2.60. The van der Waals surface area contributed by atoms with Crippen LogP contribution in [-0.4, -0.2) is 55.2 Å². The first kappa shape index (κ1) is 17.0. The van der Waals surface area contributed by atoms with E-state index in [9.17, 15) is 4.79 Å². The molecule has 1 saturated heterocycles. The molecule has 1 aromatic carbocycles. The Hall–Kier alpha value is -2.47. The number of fused-ring (bicyclic) bond motifs is 1. The van der Waals surface area contributed by atoms with E-state index >= 15 is 0 Å². The third-order valence-electron chi connectivity index (χ3n) is 4.75. The molecule has 136 valence electrons. The molecule has 26 heavy (non-hydrogen) atoms. The van der Waals surface area contributed by atoms with Gasteiger partial charge < -0.3 is 14.5 Å². The molecule has 7 heteroatoms. The fourth-order valence-electron chi connectivity index (χ4n) is 3.39. The molecule has 0 N–H and O–H groups in total. The number of benzene rings is 1. The fraction of sp³-hybridized carbons (Fsp3) is 0.368. The third kappa shape index (κ3) is 3.42. The second kappa shape index (κ2) is 7.41. The number of pyridine rings is 1. The lowest BCUT2D eigenvalue weighted by Gasteiger charge is -2.37.